The highest BCUT2D eigenvalue weighted by Gasteiger charge is 2.11. The molecule has 6 nitrogen and oxygen atoms in total. The van der Waals surface area contributed by atoms with Gasteiger partial charge in [0.1, 0.15) is 24.0 Å². The van der Waals surface area contributed by atoms with E-state index in [9.17, 15) is 0 Å². The molecule has 3 N–H and O–H groups in total. The van der Waals surface area contributed by atoms with Gasteiger partial charge in [-0.2, -0.15) is 0 Å². The molecule has 1 fully saturated rings. The molecule has 0 atom stereocenters. The molecular weight excluding hydrogens is 454 g/mol. The first-order valence-corrected chi connectivity index (χ1v) is 13.2. The fourth-order valence-electron chi connectivity index (χ4n) is 3.79. The van der Waals surface area contributed by atoms with E-state index < -0.39 is 0 Å². The Bertz CT molecular complexity index is 1090. The SMILES string of the molecule is Cc1ccc(Nc2ccc(OCCN3CCCC3)cc2)nc1Nc1cccc(SNC(C)(C)C)c1. The molecule has 4 rings (SSSR count). The van der Waals surface area contributed by atoms with Crippen LogP contribution in [0.15, 0.2) is 65.6 Å². The van der Waals surface area contributed by atoms with Gasteiger partial charge in [0.05, 0.1) is 0 Å². The fourth-order valence-corrected chi connectivity index (χ4v) is 4.55. The molecule has 0 aliphatic carbocycles. The predicted octanol–water partition coefficient (Wildman–Crippen LogP) is 6.75. The number of anilines is 4. The standard InChI is InChI=1S/C28H37N5OS/c1-21-10-15-26(29-22-11-13-24(14-12-22)34-19-18-33-16-5-6-17-33)31-27(21)30-23-8-7-9-25(20-23)35-32-28(2,3)4/h7-15,20,32H,5-6,16-19H2,1-4H3,(H2,29,30,31). The molecule has 1 aliphatic rings. The van der Waals surface area contributed by atoms with Crippen molar-refractivity contribution in [1.82, 2.24) is 14.6 Å². The smallest absolute Gasteiger partial charge is 0.135 e. The second-order valence-corrected chi connectivity index (χ2v) is 10.9. The number of hydrogen-bond acceptors (Lipinski definition) is 7. The highest BCUT2D eigenvalue weighted by atomic mass is 32.2. The number of nitrogens with one attached hydrogen (secondary N) is 3. The Morgan fingerprint density at radius 2 is 1.71 bits per heavy atom. The second-order valence-electron chi connectivity index (χ2n) is 10.0. The summed E-state index contributed by atoms with van der Waals surface area (Å²) in [6.07, 6.45) is 2.62. The molecule has 0 bridgehead atoms. The minimum atomic E-state index is 0.0458. The van der Waals surface area contributed by atoms with E-state index in [1.807, 2.05) is 30.3 Å². The summed E-state index contributed by atoms with van der Waals surface area (Å²) in [5.74, 6) is 2.52. The summed E-state index contributed by atoms with van der Waals surface area (Å²) in [5.41, 5.74) is 3.12. The topological polar surface area (TPSA) is 61.5 Å². The number of likely N-dealkylation sites (tertiary alicyclic amines) is 1. The van der Waals surface area contributed by atoms with Crippen molar-refractivity contribution in [2.24, 2.45) is 0 Å². The van der Waals surface area contributed by atoms with Crippen LogP contribution in [0.3, 0.4) is 0 Å². The number of aromatic nitrogens is 1. The maximum Gasteiger partial charge on any atom is 0.135 e. The van der Waals surface area contributed by atoms with E-state index in [1.165, 1.54) is 25.9 Å². The second kappa shape index (κ2) is 11.8. The highest BCUT2D eigenvalue weighted by Crippen LogP contribution is 2.26. The van der Waals surface area contributed by atoms with Crippen molar-refractivity contribution in [1.29, 1.82) is 0 Å². The van der Waals surface area contributed by atoms with Crippen molar-refractivity contribution in [2.45, 2.75) is 51.0 Å². The Kier molecular flexibility index (Phi) is 8.55. The Balaban J connectivity index is 1.34. The average Bonchev–Trinajstić information content (AvgIpc) is 3.35. The molecule has 7 heteroatoms. The van der Waals surface area contributed by atoms with Gasteiger partial charge in [-0.05, 0) is 120 Å². The third kappa shape index (κ3) is 8.16. The lowest BCUT2D eigenvalue weighted by molar-refractivity contribution is 0.238. The molecule has 0 radical (unpaired) electrons. The van der Waals surface area contributed by atoms with Crippen LogP contribution in [0.1, 0.15) is 39.2 Å². The molecule has 0 spiro atoms. The van der Waals surface area contributed by atoms with Crippen LogP contribution in [0.25, 0.3) is 0 Å². The largest absolute Gasteiger partial charge is 0.492 e. The van der Waals surface area contributed by atoms with Crippen molar-refractivity contribution in [2.75, 3.05) is 36.9 Å². The Morgan fingerprint density at radius 3 is 2.46 bits per heavy atom. The first-order valence-electron chi connectivity index (χ1n) is 12.4. The molecule has 1 saturated heterocycles. The van der Waals surface area contributed by atoms with Crippen LogP contribution in [0.2, 0.25) is 0 Å². The number of rotatable bonds is 10. The van der Waals surface area contributed by atoms with E-state index in [4.69, 9.17) is 9.72 Å². The Labute approximate surface area is 214 Å². The van der Waals surface area contributed by atoms with Crippen LogP contribution in [-0.2, 0) is 0 Å². The maximum atomic E-state index is 5.92. The lowest BCUT2D eigenvalue weighted by atomic mass is 10.1. The molecule has 35 heavy (non-hydrogen) atoms. The van der Waals surface area contributed by atoms with Gasteiger partial charge in [-0.3, -0.25) is 9.62 Å². The zero-order valence-corrected chi connectivity index (χ0v) is 22.0. The summed E-state index contributed by atoms with van der Waals surface area (Å²) in [6.45, 7) is 12.7. The minimum Gasteiger partial charge on any atom is -0.492 e. The monoisotopic (exact) mass is 491 g/mol. The van der Waals surface area contributed by atoms with Gasteiger partial charge in [-0.15, -0.1) is 0 Å². The zero-order chi connectivity index (χ0) is 24.7. The van der Waals surface area contributed by atoms with Gasteiger partial charge in [0.2, 0.25) is 0 Å². The molecule has 1 aliphatic heterocycles. The summed E-state index contributed by atoms with van der Waals surface area (Å²) >= 11 is 1.64. The van der Waals surface area contributed by atoms with E-state index in [2.05, 4.69) is 78.3 Å². The molecule has 0 amide bonds. The molecule has 0 unspecified atom stereocenters. The van der Waals surface area contributed by atoms with Gasteiger partial charge < -0.3 is 15.4 Å². The van der Waals surface area contributed by atoms with Gasteiger partial charge in [-0.25, -0.2) is 4.98 Å². The molecule has 2 aromatic carbocycles. The quantitative estimate of drug-likeness (QED) is 0.271. The minimum absolute atomic E-state index is 0.0458. The van der Waals surface area contributed by atoms with Crippen LogP contribution in [-0.4, -0.2) is 41.7 Å². The van der Waals surface area contributed by atoms with Crippen molar-refractivity contribution in [3.05, 3.63) is 66.2 Å². The third-order valence-electron chi connectivity index (χ3n) is 5.67. The number of benzene rings is 2. The van der Waals surface area contributed by atoms with Gasteiger partial charge in [0.25, 0.3) is 0 Å². The number of pyridine rings is 1. The van der Waals surface area contributed by atoms with Crippen LogP contribution < -0.4 is 20.1 Å². The van der Waals surface area contributed by atoms with Crippen molar-refractivity contribution >= 4 is 35.0 Å². The normalized spacial score (nSPS) is 14.2. The third-order valence-corrected chi connectivity index (χ3v) is 6.87. The molecular formula is C28H37N5OS. The number of aryl methyl sites for hydroxylation is 1. The van der Waals surface area contributed by atoms with Crippen molar-refractivity contribution in [3.63, 3.8) is 0 Å². The lowest BCUT2D eigenvalue weighted by Crippen LogP contribution is -2.29. The predicted molar refractivity (Wildman–Crippen MR) is 148 cm³/mol. The Morgan fingerprint density at radius 1 is 0.943 bits per heavy atom. The number of nitrogens with zero attached hydrogens (tertiary/aromatic N) is 2. The van der Waals surface area contributed by atoms with Crippen LogP contribution in [0.5, 0.6) is 5.75 Å². The average molecular weight is 492 g/mol. The van der Waals surface area contributed by atoms with E-state index in [1.54, 1.807) is 11.9 Å². The summed E-state index contributed by atoms with van der Waals surface area (Å²) < 4.78 is 9.38. The van der Waals surface area contributed by atoms with Gasteiger partial charge >= 0.3 is 0 Å². The molecule has 1 aromatic heterocycles. The molecule has 2 heterocycles. The summed E-state index contributed by atoms with van der Waals surface area (Å²) in [7, 11) is 0. The van der Waals surface area contributed by atoms with E-state index >= 15 is 0 Å². The lowest BCUT2D eigenvalue weighted by Gasteiger charge is -2.19. The number of ether oxygens (including phenoxy) is 1. The van der Waals surface area contributed by atoms with Gasteiger partial charge in [-0.1, -0.05) is 12.1 Å². The molecule has 186 valence electrons. The van der Waals surface area contributed by atoms with Crippen LogP contribution in [0, 0.1) is 6.92 Å². The molecule has 0 saturated carbocycles. The summed E-state index contributed by atoms with van der Waals surface area (Å²) in [5, 5.41) is 6.88. The molecule has 3 aromatic rings. The first kappa shape index (κ1) is 25.4. The fraction of sp³-hybridized carbons (Fsp3) is 0.393. The zero-order valence-electron chi connectivity index (χ0n) is 21.2. The van der Waals surface area contributed by atoms with Gasteiger partial charge in [0.15, 0.2) is 0 Å². The maximum absolute atomic E-state index is 5.92. The van der Waals surface area contributed by atoms with E-state index in [-0.39, 0.29) is 5.54 Å². The summed E-state index contributed by atoms with van der Waals surface area (Å²) in [6, 6.07) is 20.5. The van der Waals surface area contributed by atoms with E-state index in [0.29, 0.717) is 0 Å². The first-order chi connectivity index (χ1) is 16.8. The van der Waals surface area contributed by atoms with Crippen molar-refractivity contribution < 1.29 is 4.74 Å². The van der Waals surface area contributed by atoms with Gasteiger partial charge in [0, 0.05) is 28.4 Å². The summed E-state index contributed by atoms with van der Waals surface area (Å²) in [4.78, 5) is 8.43. The Hall–Kier alpha value is -2.74. The van der Waals surface area contributed by atoms with Crippen LogP contribution >= 0.6 is 11.9 Å². The van der Waals surface area contributed by atoms with Crippen molar-refractivity contribution in [3.8, 4) is 5.75 Å². The highest BCUT2D eigenvalue weighted by molar-refractivity contribution is 7.97. The number of hydrogen-bond donors (Lipinski definition) is 3. The van der Waals surface area contributed by atoms with Crippen LogP contribution in [0.4, 0.5) is 23.0 Å². The van der Waals surface area contributed by atoms with E-state index in [0.717, 1.165) is 52.4 Å².